The van der Waals surface area contributed by atoms with E-state index in [-0.39, 0.29) is 5.56 Å². The van der Waals surface area contributed by atoms with Crippen molar-refractivity contribution < 1.29 is 4.39 Å². The largest absolute Gasteiger partial charge is 0.295 e. The molecule has 98 valence electrons. The Morgan fingerprint density at radius 3 is 2.58 bits per heavy atom. The fraction of sp³-hybridized carbons (Fsp3) is 0.467. The van der Waals surface area contributed by atoms with E-state index < -0.39 is 11.9 Å². The molecule has 0 heterocycles. The first kappa shape index (κ1) is 13.5. The van der Waals surface area contributed by atoms with E-state index >= 15 is 0 Å². The van der Waals surface area contributed by atoms with E-state index in [0.29, 0.717) is 11.6 Å². The summed E-state index contributed by atoms with van der Waals surface area (Å²) >= 11 is 0. The third-order valence-corrected chi connectivity index (χ3v) is 3.58. The Balaban J connectivity index is 2.13. The third-order valence-electron chi connectivity index (χ3n) is 3.58. The van der Waals surface area contributed by atoms with Gasteiger partial charge in [-0.05, 0) is 30.5 Å². The van der Waals surface area contributed by atoms with Crippen molar-refractivity contribution in [2.45, 2.75) is 44.2 Å². The standard InChI is InChI=1S/C15H16FN3/c16-14-7-6-11(8-12(14)9-17)15(10-18)19-13-4-2-1-3-5-13/h6-8,13,15,19H,1-5H2. The fourth-order valence-corrected chi connectivity index (χ4v) is 2.52. The molecule has 0 aliphatic heterocycles. The SMILES string of the molecule is N#Cc1cc(C(C#N)NC2CCCCC2)ccc1F. The minimum Gasteiger partial charge on any atom is -0.295 e. The topological polar surface area (TPSA) is 59.6 Å². The predicted molar refractivity (Wildman–Crippen MR) is 69.5 cm³/mol. The van der Waals surface area contributed by atoms with Gasteiger partial charge in [0.05, 0.1) is 11.6 Å². The van der Waals surface area contributed by atoms with Gasteiger partial charge in [0.2, 0.25) is 0 Å². The molecule has 1 atom stereocenters. The van der Waals surface area contributed by atoms with Crippen molar-refractivity contribution in [3.05, 3.63) is 35.1 Å². The van der Waals surface area contributed by atoms with Crippen LogP contribution in [0.4, 0.5) is 4.39 Å². The molecular weight excluding hydrogens is 241 g/mol. The van der Waals surface area contributed by atoms with Crippen molar-refractivity contribution in [3.8, 4) is 12.1 Å². The van der Waals surface area contributed by atoms with Gasteiger partial charge >= 0.3 is 0 Å². The first-order chi connectivity index (χ1) is 9.24. The van der Waals surface area contributed by atoms with Crippen LogP contribution in [0, 0.1) is 28.5 Å². The maximum atomic E-state index is 13.3. The maximum absolute atomic E-state index is 13.3. The number of nitrogens with one attached hydrogen (secondary N) is 1. The van der Waals surface area contributed by atoms with E-state index in [1.54, 1.807) is 12.1 Å². The summed E-state index contributed by atoms with van der Waals surface area (Å²) in [6.07, 6.45) is 5.77. The molecule has 0 saturated heterocycles. The lowest BCUT2D eigenvalue weighted by molar-refractivity contribution is 0.359. The van der Waals surface area contributed by atoms with Gasteiger partial charge in [0.1, 0.15) is 17.9 Å². The Morgan fingerprint density at radius 2 is 1.95 bits per heavy atom. The van der Waals surface area contributed by atoms with Crippen molar-refractivity contribution in [2.75, 3.05) is 0 Å². The highest BCUT2D eigenvalue weighted by molar-refractivity contribution is 5.37. The van der Waals surface area contributed by atoms with E-state index in [9.17, 15) is 9.65 Å². The van der Waals surface area contributed by atoms with Gasteiger partial charge in [-0.15, -0.1) is 0 Å². The van der Waals surface area contributed by atoms with Crippen LogP contribution >= 0.6 is 0 Å². The first-order valence-corrected chi connectivity index (χ1v) is 6.60. The molecule has 1 aliphatic rings. The zero-order chi connectivity index (χ0) is 13.7. The number of rotatable bonds is 3. The normalized spacial score (nSPS) is 17.4. The first-order valence-electron chi connectivity index (χ1n) is 6.60. The molecule has 3 nitrogen and oxygen atoms in total. The molecule has 1 N–H and O–H groups in total. The smallest absolute Gasteiger partial charge is 0.140 e. The second kappa shape index (κ2) is 6.31. The molecule has 0 aromatic heterocycles. The zero-order valence-electron chi connectivity index (χ0n) is 10.7. The van der Waals surface area contributed by atoms with E-state index in [1.807, 2.05) is 0 Å². The van der Waals surface area contributed by atoms with Crippen LogP contribution in [0.15, 0.2) is 18.2 Å². The zero-order valence-corrected chi connectivity index (χ0v) is 10.7. The molecule has 1 unspecified atom stereocenters. The second-order valence-electron chi connectivity index (χ2n) is 4.91. The van der Waals surface area contributed by atoms with Gasteiger partial charge in [-0.1, -0.05) is 25.3 Å². The summed E-state index contributed by atoms with van der Waals surface area (Å²) in [7, 11) is 0. The van der Waals surface area contributed by atoms with Gasteiger partial charge in [0, 0.05) is 6.04 Å². The molecule has 0 radical (unpaired) electrons. The Labute approximate surface area is 112 Å². The van der Waals surface area contributed by atoms with Crippen LogP contribution in [0.1, 0.15) is 49.3 Å². The van der Waals surface area contributed by atoms with Crippen LogP contribution in [0.5, 0.6) is 0 Å². The van der Waals surface area contributed by atoms with Crippen LogP contribution in [-0.2, 0) is 0 Å². The Hall–Kier alpha value is -1.91. The molecule has 19 heavy (non-hydrogen) atoms. The number of hydrogen-bond acceptors (Lipinski definition) is 3. The van der Waals surface area contributed by atoms with Crippen molar-refractivity contribution in [3.63, 3.8) is 0 Å². The number of nitrogens with zero attached hydrogens (tertiary/aromatic N) is 2. The molecule has 0 spiro atoms. The molecule has 2 rings (SSSR count). The van der Waals surface area contributed by atoms with E-state index in [4.69, 9.17) is 5.26 Å². The highest BCUT2D eigenvalue weighted by atomic mass is 19.1. The van der Waals surface area contributed by atoms with Gasteiger partial charge < -0.3 is 0 Å². The lowest BCUT2D eigenvalue weighted by Gasteiger charge is -2.25. The Bertz CT molecular complexity index is 521. The fourth-order valence-electron chi connectivity index (χ4n) is 2.52. The van der Waals surface area contributed by atoms with Crippen molar-refractivity contribution in [2.24, 2.45) is 0 Å². The summed E-state index contributed by atoms with van der Waals surface area (Å²) in [5.41, 5.74) is 0.647. The van der Waals surface area contributed by atoms with Crippen LogP contribution in [0.2, 0.25) is 0 Å². The highest BCUT2D eigenvalue weighted by Crippen LogP contribution is 2.22. The predicted octanol–water partition coefficient (Wildman–Crippen LogP) is 3.18. The van der Waals surface area contributed by atoms with Gasteiger partial charge in [0.25, 0.3) is 0 Å². The molecule has 4 heteroatoms. The van der Waals surface area contributed by atoms with Gasteiger partial charge in [-0.25, -0.2) is 4.39 Å². The monoisotopic (exact) mass is 257 g/mol. The summed E-state index contributed by atoms with van der Waals surface area (Å²) in [6, 6.07) is 8.14. The Morgan fingerprint density at radius 1 is 1.21 bits per heavy atom. The second-order valence-corrected chi connectivity index (χ2v) is 4.91. The van der Waals surface area contributed by atoms with E-state index in [2.05, 4.69) is 11.4 Å². The summed E-state index contributed by atoms with van der Waals surface area (Å²) in [5.74, 6) is -0.541. The third kappa shape index (κ3) is 3.30. The lowest BCUT2D eigenvalue weighted by Crippen LogP contribution is -2.33. The number of halogens is 1. The van der Waals surface area contributed by atoms with Crippen molar-refractivity contribution >= 4 is 0 Å². The van der Waals surface area contributed by atoms with Crippen LogP contribution in [0.25, 0.3) is 0 Å². The number of nitriles is 2. The molecule has 1 saturated carbocycles. The Kier molecular flexibility index (Phi) is 4.49. The number of hydrogen-bond donors (Lipinski definition) is 1. The molecule has 1 aromatic rings. The van der Waals surface area contributed by atoms with Crippen molar-refractivity contribution in [1.82, 2.24) is 5.32 Å². The van der Waals surface area contributed by atoms with Crippen LogP contribution < -0.4 is 5.32 Å². The molecule has 0 amide bonds. The quantitative estimate of drug-likeness (QED) is 0.904. The maximum Gasteiger partial charge on any atom is 0.140 e. The molecule has 1 aromatic carbocycles. The minimum atomic E-state index is -0.541. The number of benzene rings is 1. The van der Waals surface area contributed by atoms with Crippen molar-refractivity contribution in [1.29, 1.82) is 10.5 Å². The summed E-state index contributed by atoms with van der Waals surface area (Å²) in [5, 5.41) is 21.4. The molecule has 0 bridgehead atoms. The lowest BCUT2D eigenvalue weighted by atomic mass is 9.94. The minimum absolute atomic E-state index is 0.0109. The summed E-state index contributed by atoms with van der Waals surface area (Å²) in [6.45, 7) is 0. The van der Waals surface area contributed by atoms with Gasteiger partial charge in [-0.3, -0.25) is 5.32 Å². The van der Waals surface area contributed by atoms with E-state index in [1.165, 1.54) is 31.4 Å². The molecular formula is C15H16FN3. The average molecular weight is 257 g/mol. The average Bonchev–Trinajstić information content (AvgIpc) is 2.46. The van der Waals surface area contributed by atoms with Crippen LogP contribution in [0.3, 0.4) is 0 Å². The molecule has 1 fully saturated rings. The van der Waals surface area contributed by atoms with Gasteiger partial charge in [0.15, 0.2) is 0 Å². The van der Waals surface area contributed by atoms with Gasteiger partial charge in [-0.2, -0.15) is 10.5 Å². The van der Waals surface area contributed by atoms with E-state index in [0.717, 1.165) is 12.8 Å². The summed E-state index contributed by atoms with van der Waals surface area (Å²) in [4.78, 5) is 0. The summed E-state index contributed by atoms with van der Waals surface area (Å²) < 4.78 is 13.3. The molecule has 1 aliphatic carbocycles. The highest BCUT2D eigenvalue weighted by Gasteiger charge is 2.19. The van der Waals surface area contributed by atoms with Crippen LogP contribution in [-0.4, -0.2) is 6.04 Å².